The molecular formula is C25H36N4O4. The molecule has 1 aromatic heterocycles. The summed E-state index contributed by atoms with van der Waals surface area (Å²) in [6.45, 7) is 12.3. The number of β-amino-alcohol motifs (C(OH)–C–C–N with tert-alkyl or cyclic N) is 1. The zero-order valence-electron chi connectivity index (χ0n) is 20.4. The third-order valence-electron chi connectivity index (χ3n) is 5.91. The highest BCUT2D eigenvalue weighted by atomic mass is 16.3. The predicted molar refractivity (Wildman–Crippen MR) is 126 cm³/mol. The molecule has 8 heteroatoms. The number of rotatable bonds is 7. The molecule has 1 aliphatic heterocycles. The highest BCUT2D eigenvalue weighted by Crippen LogP contribution is 2.27. The van der Waals surface area contributed by atoms with Crippen molar-refractivity contribution in [2.24, 2.45) is 5.41 Å². The Kier molecular flexibility index (Phi) is 7.59. The topological polar surface area (TPSA) is 108 Å². The fourth-order valence-corrected chi connectivity index (χ4v) is 4.16. The number of aliphatic hydroxyl groups excluding tert-OH is 1. The van der Waals surface area contributed by atoms with Crippen molar-refractivity contribution in [1.82, 2.24) is 20.5 Å². The van der Waals surface area contributed by atoms with Crippen LogP contribution in [0.25, 0.3) is 11.3 Å². The van der Waals surface area contributed by atoms with Crippen molar-refractivity contribution in [3.63, 3.8) is 0 Å². The van der Waals surface area contributed by atoms with Gasteiger partial charge in [-0.25, -0.2) is 4.98 Å². The number of benzene rings is 1. The Labute approximate surface area is 195 Å². The number of aryl methyl sites for hydroxylation is 1. The van der Waals surface area contributed by atoms with Crippen LogP contribution in [0.2, 0.25) is 0 Å². The summed E-state index contributed by atoms with van der Waals surface area (Å²) in [6, 6.07) is 6.67. The smallest absolute Gasteiger partial charge is 0.243 e. The molecule has 1 aromatic carbocycles. The van der Waals surface area contributed by atoms with Crippen molar-refractivity contribution in [1.29, 1.82) is 0 Å². The zero-order chi connectivity index (χ0) is 24.3. The quantitative estimate of drug-likeness (QED) is 0.591. The predicted octanol–water partition coefficient (Wildman–Crippen LogP) is 2.64. The molecule has 0 bridgehead atoms. The second-order valence-electron chi connectivity index (χ2n) is 10.2. The normalized spacial score (nSPS) is 19.7. The summed E-state index contributed by atoms with van der Waals surface area (Å²) >= 11 is 0. The minimum absolute atomic E-state index is 0.113. The molecule has 1 aliphatic rings. The number of nitrogens with zero attached hydrogens (tertiary/aromatic N) is 2. The number of carbonyl (C=O) groups is 2. The van der Waals surface area contributed by atoms with Gasteiger partial charge in [-0.2, -0.15) is 0 Å². The summed E-state index contributed by atoms with van der Waals surface area (Å²) in [6.07, 6.45) is 0.941. The average molecular weight is 457 g/mol. The number of likely N-dealkylation sites (tertiary alicyclic amines) is 1. The van der Waals surface area contributed by atoms with E-state index in [-0.39, 0.29) is 36.2 Å². The number of carbonyl (C=O) groups excluding carboxylic acids is 2. The summed E-state index contributed by atoms with van der Waals surface area (Å²) in [7, 11) is 0. The molecule has 8 nitrogen and oxygen atoms in total. The summed E-state index contributed by atoms with van der Waals surface area (Å²) in [5.74, 6) is 0.315. The van der Waals surface area contributed by atoms with E-state index in [1.165, 1.54) is 11.3 Å². The van der Waals surface area contributed by atoms with E-state index in [2.05, 4.69) is 15.6 Å². The van der Waals surface area contributed by atoms with Gasteiger partial charge in [0.1, 0.15) is 6.04 Å². The molecular weight excluding hydrogens is 420 g/mol. The summed E-state index contributed by atoms with van der Waals surface area (Å²) in [4.78, 5) is 32.0. The van der Waals surface area contributed by atoms with Gasteiger partial charge in [-0.05, 0) is 17.9 Å². The number of hydrogen-bond acceptors (Lipinski definition) is 6. The van der Waals surface area contributed by atoms with Crippen LogP contribution in [0.4, 0.5) is 0 Å². The molecule has 0 spiro atoms. The van der Waals surface area contributed by atoms with E-state index >= 15 is 0 Å². The van der Waals surface area contributed by atoms with Crippen LogP contribution in [0.1, 0.15) is 52.3 Å². The first-order valence-electron chi connectivity index (χ1n) is 11.5. The highest BCUT2D eigenvalue weighted by Gasteiger charge is 2.43. The van der Waals surface area contributed by atoms with Crippen LogP contribution in [-0.2, 0) is 16.1 Å². The first kappa shape index (κ1) is 24.9. The second kappa shape index (κ2) is 10.1. The lowest BCUT2D eigenvalue weighted by Gasteiger charge is -2.36. The molecule has 0 unspecified atom stereocenters. The van der Waals surface area contributed by atoms with Crippen molar-refractivity contribution < 1.29 is 19.1 Å². The van der Waals surface area contributed by atoms with Crippen LogP contribution in [0.3, 0.4) is 0 Å². The molecule has 2 amide bonds. The maximum atomic E-state index is 13.4. The molecule has 0 aliphatic carbocycles. The van der Waals surface area contributed by atoms with Gasteiger partial charge in [0.25, 0.3) is 0 Å². The van der Waals surface area contributed by atoms with Crippen LogP contribution < -0.4 is 10.6 Å². The SMILES string of the molecule is Cc1ncoc1-c1ccc(CNC(=O)[C@@H]2C[C@@H](O)CN2C(=O)[C@@H](NC(C)C)C(C)(C)C)cc1. The van der Waals surface area contributed by atoms with Crippen molar-refractivity contribution in [3.8, 4) is 11.3 Å². The maximum Gasteiger partial charge on any atom is 0.243 e. The molecule has 3 N–H and O–H groups in total. The van der Waals surface area contributed by atoms with Gasteiger partial charge in [-0.15, -0.1) is 0 Å². The minimum Gasteiger partial charge on any atom is -0.443 e. The van der Waals surface area contributed by atoms with E-state index in [0.29, 0.717) is 6.54 Å². The van der Waals surface area contributed by atoms with Crippen molar-refractivity contribution in [3.05, 3.63) is 41.9 Å². The lowest BCUT2D eigenvalue weighted by molar-refractivity contribution is -0.142. The number of amides is 2. The summed E-state index contributed by atoms with van der Waals surface area (Å²) in [5.41, 5.74) is 2.33. The van der Waals surface area contributed by atoms with Gasteiger partial charge in [0.2, 0.25) is 11.8 Å². The molecule has 1 saturated heterocycles. The molecule has 3 rings (SSSR count). The third kappa shape index (κ3) is 6.00. The standard InChI is InChI=1S/C25H36N4O4/c1-15(2)28-22(25(4,5)6)24(32)29-13-19(30)11-20(29)23(31)26-12-17-7-9-18(10-8-17)21-16(3)27-14-33-21/h7-10,14-15,19-20,22,28,30H,11-13H2,1-6H3,(H,26,31)/t19-,20+,22-/m1/s1. The summed E-state index contributed by atoms with van der Waals surface area (Å²) < 4.78 is 5.42. The number of aromatic nitrogens is 1. The van der Waals surface area contributed by atoms with Gasteiger partial charge in [0, 0.05) is 31.1 Å². The molecule has 2 heterocycles. The first-order valence-corrected chi connectivity index (χ1v) is 11.5. The number of aliphatic hydroxyl groups is 1. The van der Waals surface area contributed by atoms with Gasteiger partial charge < -0.3 is 25.1 Å². The molecule has 0 saturated carbocycles. The number of oxazole rings is 1. The fourth-order valence-electron chi connectivity index (χ4n) is 4.16. The maximum absolute atomic E-state index is 13.4. The van der Waals surface area contributed by atoms with Crippen LogP contribution in [0.5, 0.6) is 0 Å². The van der Waals surface area contributed by atoms with E-state index in [4.69, 9.17) is 4.42 Å². The molecule has 2 aromatic rings. The molecule has 0 radical (unpaired) electrons. The largest absolute Gasteiger partial charge is 0.443 e. The van der Waals surface area contributed by atoms with Crippen molar-refractivity contribution in [2.75, 3.05) is 6.54 Å². The van der Waals surface area contributed by atoms with E-state index in [1.54, 1.807) is 0 Å². The Hall–Kier alpha value is -2.71. The van der Waals surface area contributed by atoms with E-state index in [0.717, 1.165) is 22.6 Å². The Morgan fingerprint density at radius 1 is 1.24 bits per heavy atom. The number of nitrogens with one attached hydrogen (secondary N) is 2. The van der Waals surface area contributed by atoms with E-state index < -0.39 is 18.2 Å². The molecule has 1 fully saturated rings. The Bertz CT molecular complexity index is 962. The first-order chi connectivity index (χ1) is 15.5. The molecule has 180 valence electrons. The lowest BCUT2D eigenvalue weighted by Crippen LogP contribution is -2.57. The number of hydrogen-bond donors (Lipinski definition) is 3. The monoisotopic (exact) mass is 456 g/mol. The van der Waals surface area contributed by atoms with Crippen LogP contribution in [0.15, 0.2) is 35.1 Å². The van der Waals surface area contributed by atoms with Gasteiger partial charge in [-0.1, -0.05) is 58.9 Å². The minimum atomic E-state index is -0.714. The van der Waals surface area contributed by atoms with Crippen LogP contribution in [0, 0.1) is 12.3 Å². The van der Waals surface area contributed by atoms with Crippen LogP contribution >= 0.6 is 0 Å². The van der Waals surface area contributed by atoms with Crippen LogP contribution in [-0.4, -0.2) is 57.6 Å². The average Bonchev–Trinajstić information content (AvgIpc) is 3.35. The van der Waals surface area contributed by atoms with Gasteiger partial charge in [0.15, 0.2) is 12.2 Å². The van der Waals surface area contributed by atoms with Gasteiger partial charge >= 0.3 is 0 Å². The zero-order valence-corrected chi connectivity index (χ0v) is 20.4. The Morgan fingerprint density at radius 3 is 2.45 bits per heavy atom. The second-order valence-corrected chi connectivity index (χ2v) is 10.2. The Morgan fingerprint density at radius 2 is 1.91 bits per heavy atom. The Balaban J connectivity index is 1.66. The van der Waals surface area contributed by atoms with Crippen molar-refractivity contribution >= 4 is 11.8 Å². The molecule has 3 atom stereocenters. The van der Waals surface area contributed by atoms with Gasteiger partial charge in [0.05, 0.1) is 17.8 Å². The van der Waals surface area contributed by atoms with E-state index in [9.17, 15) is 14.7 Å². The lowest BCUT2D eigenvalue weighted by atomic mass is 9.85. The highest BCUT2D eigenvalue weighted by molar-refractivity contribution is 5.91. The summed E-state index contributed by atoms with van der Waals surface area (Å²) in [5, 5.41) is 16.5. The fraction of sp³-hybridized carbons (Fsp3) is 0.560. The van der Waals surface area contributed by atoms with Crippen molar-refractivity contribution in [2.45, 2.75) is 78.7 Å². The molecule has 33 heavy (non-hydrogen) atoms. The van der Waals surface area contributed by atoms with Gasteiger partial charge in [-0.3, -0.25) is 9.59 Å². The third-order valence-corrected chi connectivity index (χ3v) is 5.91. The van der Waals surface area contributed by atoms with E-state index in [1.807, 2.05) is 65.8 Å².